The first-order valence-electron chi connectivity index (χ1n) is 7.16. The SMILES string of the molecule is CC(=O)N[C@@H](C)C(=O)NC(C)(C)Cc1ccc(C(F)(F)F)cc1. The Morgan fingerprint density at radius 2 is 1.65 bits per heavy atom. The molecule has 0 aromatic heterocycles. The predicted molar refractivity (Wildman–Crippen MR) is 80.6 cm³/mol. The molecule has 0 aliphatic rings. The number of alkyl halides is 3. The van der Waals surface area contributed by atoms with Gasteiger partial charge in [-0.1, -0.05) is 12.1 Å². The fraction of sp³-hybridized carbons (Fsp3) is 0.500. The van der Waals surface area contributed by atoms with Gasteiger partial charge >= 0.3 is 6.18 Å². The lowest BCUT2D eigenvalue weighted by atomic mass is 9.94. The van der Waals surface area contributed by atoms with Crippen LogP contribution in [0.15, 0.2) is 24.3 Å². The van der Waals surface area contributed by atoms with Crippen molar-refractivity contribution in [2.45, 2.75) is 51.9 Å². The molecule has 0 fully saturated rings. The summed E-state index contributed by atoms with van der Waals surface area (Å²) in [6.45, 7) is 6.41. The van der Waals surface area contributed by atoms with Gasteiger partial charge in [0.2, 0.25) is 11.8 Å². The van der Waals surface area contributed by atoms with Crippen molar-refractivity contribution in [2.24, 2.45) is 0 Å². The number of halogens is 3. The zero-order valence-electron chi connectivity index (χ0n) is 13.5. The van der Waals surface area contributed by atoms with Crippen molar-refractivity contribution in [1.29, 1.82) is 0 Å². The summed E-state index contributed by atoms with van der Waals surface area (Å²) in [5, 5.41) is 5.26. The van der Waals surface area contributed by atoms with Gasteiger partial charge in [-0.05, 0) is 44.9 Å². The minimum absolute atomic E-state index is 0.312. The van der Waals surface area contributed by atoms with Crippen LogP contribution in [0.4, 0.5) is 13.2 Å². The fourth-order valence-electron chi connectivity index (χ4n) is 2.18. The highest BCUT2D eigenvalue weighted by atomic mass is 19.4. The second-order valence-electron chi connectivity index (χ2n) is 6.17. The Morgan fingerprint density at radius 3 is 2.09 bits per heavy atom. The van der Waals surface area contributed by atoms with Crippen molar-refractivity contribution in [3.8, 4) is 0 Å². The zero-order valence-corrected chi connectivity index (χ0v) is 13.5. The van der Waals surface area contributed by atoms with Crippen molar-refractivity contribution >= 4 is 11.8 Å². The van der Waals surface area contributed by atoms with Crippen LogP contribution in [-0.2, 0) is 22.2 Å². The van der Waals surface area contributed by atoms with E-state index in [1.165, 1.54) is 19.1 Å². The van der Waals surface area contributed by atoms with Crippen LogP contribution in [0.1, 0.15) is 38.8 Å². The molecule has 128 valence electrons. The van der Waals surface area contributed by atoms with Gasteiger partial charge in [-0.25, -0.2) is 0 Å². The molecule has 0 bridgehead atoms. The van der Waals surface area contributed by atoms with Crippen molar-refractivity contribution in [3.05, 3.63) is 35.4 Å². The van der Waals surface area contributed by atoms with Crippen molar-refractivity contribution < 1.29 is 22.8 Å². The van der Waals surface area contributed by atoms with Gasteiger partial charge in [0.15, 0.2) is 0 Å². The molecule has 0 radical (unpaired) electrons. The largest absolute Gasteiger partial charge is 0.416 e. The zero-order chi connectivity index (χ0) is 17.8. The number of benzene rings is 1. The van der Waals surface area contributed by atoms with Crippen LogP contribution in [0.2, 0.25) is 0 Å². The minimum Gasteiger partial charge on any atom is -0.349 e. The van der Waals surface area contributed by atoms with Gasteiger partial charge in [0.25, 0.3) is 0 Å². The van der Waals surface area contributed by atoms with Crippen LogP contribution < -0.4 is 10.6 Å². The highest BCUT2D eigenvalue weighted by Crippen LogP contribution is 2.29. The van der Waals surface area contributed by atoms with Gasteiger partial charge in [0.1, 0.15) is 6.04 Å². The van der Waals surface area contributed by atoms with E-state index in [0.29, 0.717) is 12.0 Å². The van der Waals surface area contributed by atoms with Crippen LogP contribution >= 0.6 is 0 Å². The van der Waals surface area contributed by atoms with Crippen LogP contribution in [0.25, 0.3) is 0 Å². The highest BCUT2D eigenvalue weighted by molar-refractivity contribution is 5.86. The summed E-state index contributed by atoms with van der Waals surface area (Å²) in [4.78, 5) is 22.9. The van der Waals surface area contributed by atoms with Crippen LogP contribution in [-0.4, -0.2) is 23.4 Å². The van der Waals surface area contributed by atoms with Gasteiger partial charge in [0, 0.05) is 12.5 Å². The molecule has 0 aliphatic carbocycles. The van der Waals surface area contributed by atoms with Gasteiger partial charge in [-0.15, -0.1) is 0 Å². The number of rotatable bonds is 5. The number of hydrogen-bond donors (Lipinski definition) is 2. The summed E-state index contributed by atoms with van der Waals surface area (Å²) in [5.41, 5.74) is -0.693. The normalized spacial score (nSPS) is 13.3. The molecular weight excluding hydrogens is 309 g/mol. The van der Waals surface area contributed by atoms with Gasteiger partial charge in [-0.3, -0.25) is 9.59 Å². The molecule has 2 N–H and O–H groups in total. The molecule has 23 heavy (non-hydrogen) atoms. The van der Waals surface area contributed by atoms with E-state index in [-0.39, 0.29) is 11.8 Å². The fourth-order valence-corrected chi connectivity index (χ4v) is 2.18. The van der Waals surface area contributed by atoms with E-state index in [9.17, 15) is 22.8 Å². The Kier molecular flexibility index (Phi) is 5.80. The molecule has 1 atom stereocenters. The molecule has 1 aromatic carbocycles. The first-order valence-corrected chi connectivity index (χ1v) is 7.16. The number of nitrogens with one attached hydrogen (secondary N) is 2. The molecule has 0 saturated carbocycles. The lowest BCUT2D eigenvalue weighted by molar-refractivity contribution is -0.137. The molecule has 2 amide bonds. The molecule has 7 heteroatoms. The number of carbonyl (C=O) groups excluding carboxylic acids is 2. The predicted octanol–water partition coefficient (Wildman–Crippen LogP) is 2.67. The molecule has 0 saturated heterocycles. The number of hydrogen-bond acceptors (Lipinski definition) is 2. The Bertz CT molecular complexity index is 566. The maximum atomic E-state index is 12.5. The minimum atomic E-state index is -4.37. The maximum Gasteiger partial charge on any atom is 0.416 e. The quantitative estimate of drug-likeness (QED) is 0.872. The Hall–Kier alpha value is -2.05. The third-order valence-electron chi connectivity index (χ3n) is 3.20. The molecule has 0 unspecified atom stereocenters. The first-order chi connectivity index (χ1) is 10.4. The second-order valence-corrected chi connectivity index (χ2v) is 6.17. The smallest absolute Gasteiger partial charge is 0.349 e. The van der Waals surface area contributed by atoms with E-state index in [2.05, 4.69) is 10.6 Å². The van der Waals surface area contributed by atoms with Crippen LogP contribution in [0, 0.1) is 0 Å². The van der Waals surface area contributed by atoms with E-state index in [1.54, 1.807) is 20.8 Å². The van der Waals surface area contributed by atoms with Crippen molar-refractivity contribution in [3.63, 3.8) is 0 Å². The van der Waals surface area contributed by atoms with Crippen molar-refractivity contribution in [1.82, 2.24) is 10.6 Å². The summed E-state index contributed by atoms with van der Waals surface area (Å²) in [5.74, 6) is -0.662. The van der Waals surface area contributed by atoms with Gasteiger partial charge < -0.3 is 10.6 Å². The molecular formula is C16H21F3N2O2. The van der Waals surface area contributed by atoms with E-state index in [0.717, 1.165) is 12.1 Å². The standard InChI is InChI=1S/C16H21F3N2O2/c1-10(20-11(2)22)14(23)21-15(3,4)9-12-5-7-13(8-6-12)16(17,18)19/h5-8,10H,9H2,1-4H3,(H,20,22)(H,21,23)/t10-/m0/s1. The summed E-state index contributed by atoms with van der Waals surface area (Å²) in [6.07, 6.45) is -4.00. The molecule has 1 aromatic rings. The van der Waals surface area contributed by atoms with Gasteiger partial charge in [-0.2, -0.15) is 13.2 Å². The van der Waals surface area contributed by atoms with Crippen LogP contribution in [0.3, 0.4) is 0 Å². The number of amides is 2. The maximum absolute atomic E-state index is 12.5. The third kappa shape index (κ3) is 6.30. The lowest BCUT2D eigenvalue weighted by Crippen LogP contribution is -2.52. The molecule has 0 aliphatic heterocycles. The molecule has 4 nitrogen and oxygen atoms in total. The monoisotopic (exact) mass is 330 g/mol. The molecule has 0 spiro atoms. The summed E-state index contributed by atoms with van der Waals surface area (Å²) < 4.78 is 37.6. The van der Waals surface area contributed by atoms with E-state index >= 15 is 0 Å². The Balaban J connectivity index is 2.71. The average molecular weight is 330 g/mol. The second kappa shape index (κ2) is 7.02. The first kappa shape index (κ1) is 19.0. The van der Waals surface area contributed by atoms with Crippen LogP contribution in [0.5, 0.6) is 0 Å². The van der Waals surface area contributed by atoms with Gasteiger partial charge in [0.05, 0.1) is 5.56 Å². The average Bonchev–Trinajstić information content (AvgIpc) is 2.36. The summed E-state index contributed by atoms with van der Waals surface area (Å²) >= 11 is 0. The third-order valence-corrected chi connectivity index (χ3v) is 3.20. The Labute approximate surface area is 133 Å². The lowest BCUT2D eigenvalue weighted by Gasteiger charge is -2.28. The van der Waals surface area contributed by atoms with E-state index in [1.807, 2.05) is 0 Å². The summed E-state index contributed by atoms with van der Waals surface area (Å²) in [6, 6.07) is 4.15. The number of carbonyl (C=O) groups is 2. The highest BCUT2D eigenvalue weighted by Gasteiger charge is 2.30. The van der Waals surface area contributed by atoms with E-state index < -0.39 is 23.3 Å². The molecule has 0 heterocycles. The van der Waals surface area contributed by atoms with Crippen molar-refractivity contribution in [2.75, 3.05) is 0 Å². The van der Waals surface area contributed by atoms with E-state index in [4.69, 9.17) is 0 Å². The summed E-state index contributed by atoms with van der Waals surface area (Å²) in [7, 11) is 0. The molecule has 1 rings (SSSR count). The topological polar surface area (TPSA) is 58.2 Å². The Morgan fingerprint density at radius 1 is 1.13 bits per heavy atom.